The predicted molar refractivity (Wildman–Crippen MR) is 76.3 cm³/mol. The van der Waals surface area contributed by atoms with Gasteiger partial charge in [0.1, 0.15) is 0 Å². The van der Waals surface area contributed by atoms with E-state index >= 15 is 0 Å². The number of unbranched alkanes of at least 4 members (excludes halogenated alkanes) is 1. The van der Waals surface area contributed by atoms with Crippen molar-refractivity contribution in [3.63, 3.8) is 0 Å². The summed E-state index contributed by atoms with van der Waals surface area (Å²) in [5, 5.41) is 0.775. The SMILES string of the molecule is CCCCS(=O)(=O)c1ccc2[nH]c(=O)cc(C)c2c1. The van der Waals surface area contributed by atoms with Gasteiger partial charge in [0.15, 0.2) is 9.84 Å². The number of pyridine rings is 1. The fourth-order valence-electron chi connectivity index (χ4n) is 2.05. The number of H-pyrrole nitrogens is 1. The number of hydrogen-bond donors (Lipinski definition) is 1. The molecular formula is C14H17NO3S. The average Bonchev–Trinajstić information content (AvgIpc) is 2.35. The van der Waals surface area contributed by atoms with E-state index in [4.69, 9.17) is 0 Å². The summed E-state index contributed by atoms with van der Waals surface area (Å²) in [5.41, 5.74) is 1.28. The van der Waals surface area contributed by atoms with Crippen molar-refractivity contribution in [1.29, 1.82) is 0 Å². The Labute approximate surface area is 112 Å². The minimum Gasteiger partial charge on any atom is -0.322 e. The van der Waals surface area contributed by atoms with Crippen LogP contribution >= 0.6 is 0 Å². The number of aryl methyl sites for hydroxylation is 1. The smallest absolute Gasteiger partial charge is 0.248 e. The lowest BCUT2D eigenvalue weighted by Crippen LogP contribution is -2.08. The summed E-state index contributed by atoms with van der Waals surface area (Å²) in [6.45, 7) is 3.77. The number of benzene rings is 1. The number of aromatic amines is 1. The molecule has 4 nitrogen and oxygen atoms in total. The van der Waals surface area contributed by atoms with Gasteiger partial charge in [-0.25, -0.2) is 8.42 Å². The van der Waals surface area contributed by atoms with E-state index in [1.807, 2.05) is 6.92 Å². The van der Waals surface area contributed by atoms with Crippen molar-refractivity contribution in [2.75, 3.05) is 5.75 Å². The standard InChI is InChI=1S/C14H17NO3S/c1-3-4-7-19(17,18)11-5-6-13-12(9-11)10(2)8-14(16)15-13/h5-6,8-9H,3-4,7H2,1-2H3,(H,15,16). The highest BCUT2D eigenvalue weighted by atomic mass is 32.2. The molecule has 0 unspecified atom stereocenters. The van der Waals surface area contributed by atoms with Gasteiger partial charge in [0.25, 0.3) is 0 Å². The molecule has 0 saturated heterocycles. The molecule has 0 aliphatic carbocycles. The van der Waals surface area contributed by atoms with Crippen LogP contribution in [0.5, 0.6) is 0 Å². The summed E-state index contributed by atoms with van der Waals surface area (Å²) in [6, 6.07) is 6.33. The van der Waals surface area contributed by atoms with Gasteiger partial charge in [-0.2, -0.15) is 0 Å². The van der Waals surface area contributed by atoms with Crippen molar-refractivity contribution in [1.82, 2.24) is 4.98 Å². The molecule has 0 spiro atoms. The van der Waals surface area contributed by atoms with E-state index in [-0.39, 0.29) is 11.3 Å². The highest BCUT2D eigenvalue weighted by Crippen LogP contribution is 2.21. The summed E-state index contributed by atoms with van der Waals surface area (Å²) >= 11 is 0. The Morgan fingerprint density at radius 2 is 1.95 bits per heavy atom. The van der Waals surface area contributed by atoms with Gasteiger partial charge in [-0.15, -0.1) is 0 Å². The molecule has 0 aliphatic heterocycles. The minimum absolute atomic E-state index is 0.164. The van der Waals surface area contributed by atoms with E-state index in [1.165, 1.54) is 6.07 Å². The number of nitrogens with one attached hydrogen (secondary N) is 1. The van der Waals surface area contributed by atoms with E-state index in [2.05, 4.69) is 4.98 Å². The number of aromatic nitrogens is 1. The molecular weight excluding hydrogens is 262 g/mol. The van der Waals surface area contributed by atoms with Crippen LogP contribution in [0.2, 0.25) is 0 Å². The Hall–Kier alpha value is -1.62. The third-order valence-electron chi connectivity index (χ3n) is 3.15. The Kier molecular flexibility index (Phi) is 3.75. The molecule has 2 aromatic rings. The third-order valence-corrected chi connectivity index (χ3v) is 4.95. The summed E-state index contributed by atoms with van der Waals surface area (Å²) in [6.07, 6.45) is 1.50. The van der Waals surface area contributed by atoms with Crippen LogP contribution < -0.4 is 5.56 Å². The predicted octanol–water partition coefficient (Wildman–Crippen LogP) is 2.41. The van der Waals surface area contributed by atoms with Crippen molar-refractivity contribution in [2.24, 2.45) is 0 Å². The first-order chi connectivity index (χ1) is 8.94. The van der Waals surface area contributed by atoms with Crippen LogP contribution in [0, 0.1) is 6.92 Å². The van der Waals surface area contributed by atoms with Crippen LogP contribution in [-0.2, 0) is 9.84 Å². The molecule has 0 amide bonds. The maximum absolute atomic E-state index is 12.1. The zero-order chi connectivity index (χ0) is 14.0. The van der Waals surface area contributed by atoms with Gasteiger partial charge < -0.3 is 4.98 Å². The number of rotatable bonds is 4. The topological polar surface area (TPSA) is 67.0 Å². The highest BCUT2D eigenvalue weighted by molar-refractivity contribution is 7.91. The van der Waals surface area contributed by atoms with Crippen LogP contribution in [0.3, 0.4) is 0 Å². The van der Waals surface area contributed by atoms with Crippen LogP contribution in [0.4, 0.5) is 0 Å². The molecule has 0 atom stereocenters. The maximum atomic E-state index is 12.1. The molecule has 1 N–H and O–H groups in total. The number of sulfone groups is 1. The number of hydrogen-bond acceptors (Lipinski definition) is 3. The molecule has 0 bridgehead atoms. The Morgan fingerprint density at radius 1 is 1.21 bits per heavy atom. The zero-order valence-corrected chi connectivity index (χ0v) is 11.9. The lowest BCUT2D eigenvalue weighted by Gasteiger charge is -2.07. The van der Waals surface area contributed by atoms with Crippen LogP contribution in [-0.4, -0.2) is 19.2 Å². The zero-order valence-electron chi connectivity index (χ0n) is 11.1. The Balaban J connectivity index is 2.56. The van der Waals surface area contributed by atoms with E-state index in [9.17, 15) is 13.2 Å². The summed E-state index contributed by atoms with van der Waals surface area (Å²) in [7, 11) is -3.23. The molecule has 1 aromatic heterocycles. The van der Waals surface area contributed by atoms with Gasteiger partial charge in [0.2, 0.25) is 5.56 Å². The maximum Gasteiger partial charge on any atom is 0.248 e. The van der Waals surface area contributed by atoms with Gasteiger partial charge in [-0.05, 0) is 37.1 Å². The van der Waals surface area contributed by atoms with E-state index < -0.39 is 9.84 Å². The van der Waals surface area contributed by atoms with Gasteiger partial charge in [-0.3, -0.25) is 4.79 Å². The highest BCUT2D eigenvalue weighted by Gasteiger charge is 2.14. The molecule has 0 radical (unpaired) electrons. The van der Waals surface area contributed by atoms with E-state index in [0.717, 1.165) is 17.4 Å². The normalized spacial score (nSPS) is 11.9. The quantitative estimate of drug-likeness (QED) is 0.934. The van der Waals surface area contributed by atoms with Crippen LogP contribution in [0.25, 0.3) is 10.9 Å². The first-order valence-corrected chi connectivity index (χ1v) is 7.96. The fourth-order valence-corrected chi connectivity index (χ4v) is 3.52. The molecule has 0 fully saturated rings. The molecule has 5 heteroatoms. The molecule has 0 aliphatic rings. The lowest BCUT2D eigenvalue weighted by molar-refractivity contribution is 0.593. The van der Waals surface area contributed by atoms with Crippen molar-refractivity contribution in [3.8, 4) is 0 Å². The second-order valence-corrected chi connectivity index (χ2v) is 6.81. The first-order valence-electron chi connectivity index (χ1n) is 6.30. The van der Waals surface area contributed by atoms with E-state index in [1.54, 1.807) is 25.1 Å². The largest absolute Gasteiger partial charge is 0.322 e. The summed E-state index contributed by atoms with van der Waals surface area (Å²) < 4.78 is 24.3. The van der Waals surface area contributed by atoms with Gasteiger partial charge in [0.05, 0.1) is 10.6 Å². The molecule has 102 valence electrons. The van der Waals surface area contributed by atoms with E-state index in [0.29, 0.717) is 16.8 Å². The fraction of sp³-hybridized carbons (Fsp3) is 0.357. The Morgan fingerprint density at radius 3 is 2.63 bits per heavy atom. The molecule has 1 aromatic carbocycles. The van der Waals surface area contributed by atoms with Gasteiger partial charge in [0, 0.05) is 17.0 Å². The Bertz CT molecular complexity index is 760. The second-order valence-electron chi connectivity index (χ2n) is 4.70. The second kappa shape index (κ2) is 5.17. The minimum atomic E-state index is -3.23. The van der Waals surface area contributed by atoms with Crippen molar-refractivity contribution in [2.45, 2.75) is 31.6 Å². The molecule has 1 heterocycles. The average molecular weight is 279 g/mol. The van der Waals surface area contributed by atoms with Crippen molar-refractivity contribution in [3.05, 3.63) is 40.2 Å². The van der Waals surface area contributed by atoms with Crippen molar-refractivity contribution < 1.29 is 8.42 Å². The van der Waals surface area contributed by atoms with Crippen LogP contribution in [0.15, 0.2) is 34.0 Å². The van der Waals surface area contributed by atoms with Crippen LogP contribution in [0.1, 0.15) is 25.3 Å². The summed E-state index contributed by atoms with van der Waals surface area (Å²) in [4.78, 5) is 14.4. The monoisotopic (exact) mass is 279 g/mol. The van der Waals surface area contributed by atoms with Gasteiger partial charge in [-0.1, -0.05) is 13.3 Å². The number of fused-ring (bicyclic) bond motifs is 1. The van der Waals surface area contributed by atoms with Gasteiger partial charge >= 0.3 is 0 Å². The first kappa shape index (κ1) is 13.8. The lowest BCUT2D eigenvalue weighted by atomic mass is 10.1. The molecule has 2 rings (SSSR count). The van der Waals surface area contributed by atoms with Crippen molar-refractivity contribution >= 4 is 20.7 Å². The molecule has 0 saturated carbocycles. The summed E-state index contributed by atoms with van der Waals surface area (Å²) in [5.74, 6) is 0.164. The molecule has 19 heavy (non-hydrogen) atoms. The third kappa shape index (κ3) is 2.87.